The predicted molar refractivity (Wildman–Crippen MR) is 104 cm³/mol. The Hall–Kier alpha value is -3.12. The molecule has 0 heterocycles. The number of benzene rings is 3. The third-order valence-electron chi connectivity index (χ3n) is 4.07. The summed E-state index contributed by atoms with van der Waals surface area (Å²) < 4.78 is 38.6. The number of ether oxygens (including phenoxy) is 2. The minimum Gasteiger partial charge on any atom is -0.493 e. The van der Waals surface area contributed by atoms with E-state index in [2.05, 4.69) is 5.32 Å². The van der Waals surface area contributed by atoms with Crippen molar-refractivity contribution in [2.24, 2.45) is 0 Å². The van der Waals surface area contributed by atoms with Crippen LogP contribution in [0.5, 0.6) is 11.5 Å². The van der Waals surface area contributed by atoms with E-state index >= 15 is 0 Å². The molecule has 0 aliphatic heterocycles. The molecule has 7 heteroatoms. The average molecular weight is 404 g/mol. The first kappa shape index (κ1) is 19.6. The fourth-order valence-electron chi connectivity index (χ4n) is 2.78. The summed E-state index contributed by atoms with van der Waals surface area (Å²) >= 11 is 6.13. The van der Waals surface area contributed by atoms with Crippen molar-refractivity contribution in [3.05, 3.63) is 76.8 Å². The van der Waals surface area contributed by atoms with Crippen LogP contribution in [0.3, 0.4) is 0 Å². The molecule has 0 bridgehead atoms. The van der Waals surface area contributed by atoms with Gasteiger partial charge in [-0.05, 0) is 23.8 Å². The first-order valence-corrected chi connectivity index (χ1v) is 8.59. The summed E-state index contributed by atoms with van der Waals surface area (Å²) in [4.78, 5) is 12.7. The molecule has 3 aromatic rings. The van der Waals surface area contributed by atoms with E-state index in [9.17, 15) is 13.6 Å². The fraction of sp³-hybridized carbons (Fsp3) is 0.0952. The number of hydrogen-bond acceptors (Lipinski definition) is 3. The molecule has 3 rings (SSSR count). The summed E-state index contributed by atoms with van der Waals surface area (Å²) in [6.07, 6.45) is 0. The molecule has 0 saturated carbocycles. The van der Waals surface area contributed by atoms with Gasteiger partial charge in [0.15, 0.2) is 11.5 Å². The van der Waals surface area contributed by atoms with Crippen LogP contribution in [0.25, 0.3) is 11.1 Å². The van der Waals surface area contributed by atoms with Gasteiger partial charge in [0.1, 0.15) is 11.6 Å². The normalized spacial score (nSPS) is 10.5. The first-order valence-electron chi connectivity index (χ1n) is 8.22. The van der Waals surface area contributed by atoms with Crippen LogP contribution in [0.15, 0.2) is 54.6 Å². The van der Waals surface area contributed by atoms with Crippen LogP contribution in [0.1, 0.15) is 10.4 Å². The zero-order valence-electron chi connectivity index (χ0n) is 15.1. The SMILES string of the molecule is COc1cc(C(=O)Nc2c(F)cc(F)cc2-c2ccccc2)cc(Cl)c1OC. The largest absolute Gasteiger partial charge is 0.493 e. The standard InChI is InChI=1S/C21H16ClF2NO3/c1-27-18-9-13(8-16(22)20(18)28-2)21(26)25-19-15(10-14(23)11-17(19)24)12-6-4-3-5-7-12/h3-11H,1-2H3,(H,25,26). The molecule has 0 aliphatic carbocycles. The van der Waals surface area contributed by atoms with Crippen LogP contribution in [-0.2, 0) is 0 Å². The van der Waals surface area contributed by atoms with E-state index in [1.54, 1.807) is 30.3 Å². The van der Waals surface area contributed by atoms with E-state index in [0.29, 0.717) is 11.6 Å². The minimum atomic E-state index is -0.890. The van der Waals surface area contributed by atoms with Gasteiger partial charge in [0.2, 0.25) is 0 Å². The summed E-state index contributed by atoms with van der Waals surface area (Å²) in [6, 6.07) is 13.3. The maximum atomic E-state index is 14.5. The van der Waals surface area contributed by atoms with Crippen LogP contribution in [0.4, 0.5) is 14.5 Å². The summed E-state index contributed by atoms with van der Waals surface area (Å²) in [6.45, 7) is 0. The second-order valence-electron chi connectivity index (χ2n) is 5.82. The molecule has 0 aliphatic rings. The lowest BCUT2D eigenvalue weighted by Gasteiger charge is -2.15. The zero-order valence-corrected chi connectivity index (χ0v) is 15.8. The second kappa shape index (κ2) is 8.27. The lowest BCUT2D eigenvalue weighted by atomic mass is 10.0. The Morgan fingerprint density at radius 2 is 1.71 bits per heavy atom. The number of carbonyl (C=O) groups excluding carboxylic acids is 1. The van der Waals surface area contributed by atoms with Crippen molar-refractivity contribution >= 4 is 23.2 Å². The first-order chi connectivity index (χ1) is 13.4. The number of anilines is 1. The molecule has 1 N–H and O–H groups in total. The topological polar surface area (TPSA) is 47.6 Å². The number of methoxy groups -OCH3 is 2. The number of carbonyl (C=O) groups is 1. The maximum Gasteiger partial charge on any atom is 0.255 e. The molecule has 3 aromatic carbocycles. The van der Waals surface area contributed by atoms with Gasteiger partial charge in [0.25, 0.3) is 5.91 Å². The van der Waals surface area contributed by atoms with Gasteiger partial charge in [0.05, 0.1) is 24.9 Å². The van der Waals surface area contributed by atoms with Crippen LogP contribution in [0.2, 0.25) is 5.02 Å². The molecule has 0 spiro atoms. The Balaban J connectivity index is 2.03. The van der Waals surface area contributed by atoms with Crippen LogP contribution >= 0.6 is 11.6 Å². The summed E-state index contributed by atoms with van der Waals surface area (Å²) in [5, 5.41) is 2.66. The van der Waals surface area contributed by atoms with E-state index in [-0.39, 0.29) is 33.3 Å². The third kappa shape index (κ3) is 3.92. The zero-order chi connectivity index (χ0) is 20.3. The number of hydrogen-bond donors (Lipinski definition) is 1. The monoisotopic (exact) mass is 403 g/mol. The molecular weight excluding hydrogens is 388 g/mol. The molecule has 0 radical (unpaired) electrons. The summed E-state index contributed by atoms with van der Waals surface area (Å²) in [5.74, 6) is -1.74. The molecule has 28 heavy (non-hydrogen) atoms. The number of halogens is 3. The van der Waals surface area contributed by atoms with E-state index in [4.69, 9.17) is 21.1 Å². The highest BCUT2D eigenvalue weighted by molar-refractivity contribution is 6.32. The third-order valence-corrected chi connectivity index (χ3v) is 4.35. The minimum absolute atomic E-state index is 0.130. The van der Waals surface area contributed by atoms with Crippen LogP contribution in [0, 0.1) is 11.6 Å². The van der Waals surface area contributed by atoms with E-state index in [1.165, 1.54) is 26.4 Å². The van der Waals surface area contributed by atoms with Gasteiger partial charge < -0.3 is 14.8 Å². The van der Waals surface area contributed by atoms with Crippen molar-refractivity contribution in [1.82, 2.24) is 0 Å². The number of nitrogens with one attached hydrogen (secondary N) is 1. The molecule has 0 unspecified atom stereocenters. The van der Waals surface area contributed by atoms with Crippen molar-refractivity contribution < 1.29 is 23.0 Å². The Bertz CT molecular complexity index is 1030. The fourth-order valence-corrected chi connectivity index (χ4v) is 3.07. The molecule has 1 amide bonds. The Labute approximate surface area is 165 Å². The van der Waals surface area contributed by atoms with Crippen molar-refractivity contribution in [1.29, 1.82) is 0 Å². The Morgan fingerprint density at radius 1 is 1.00 bits per heavy atom. The number of rotatable bonds is 5. The smallest absolute Gasteiger partial charge is 0.255 e. The van der Waals surface area contributed by atoms with Crippen molar-refractivity contribution in [3.8, 4) is 22.6 Å². The Kier molecular flexibility index (Phi) is 5.80. The molecule has 0 atom stereocenters. The molecule has 0 saturated heterocycles. The van der Waals surface area contributed by atoms with Gasteiger partial charge in [-0.2, -0.15) is 0 Å². The number of amides is 1. The molecule has 0 fully saturated rings. The van der Waals surface area contributed by atoms with Crippen LogP contribution in [-0.4, -0.2) is 20.1 Å². The molecule has 0 aromatic heterocycles. The van der Waals surface area contributed by atoms with Gasteiger partial charge in [-0.1, -0.05) is 41.9 Å². The molecule has 4 nitrogen and oxygen atoms in total. The van der Waals surface area contributed by atoms with Gasteiger partial charge in [-0.25, -0.2) is 8.78 Å². The van der Waals surface area contributed by atoms with Gasteiger partial charge in [-0.3, -0.25) is 4.79 Å². The van der Waals surface area contributed by atoms with Crippen LogP contribution < -0.4 is 14.8 Å². The lowest BCUT2D eigenvalue weighted by Crippen LogP contribution is -2.14. The quantitative estimate of drug-likeness (QED) is 0.607. The summed E-state index contributed by atoms with van der Waals surface area (Å²) in [7, 11) is 2.83. The van der Waals surface area contributed by atoms with Gasteiger partial charge >= 0.3 is 0 Å². The maximum absolute atomic E-state index is 14.5. The van der Waals surface area contributed by atoms with Crippen molar-refractivity contribution in [2.45, 2.75) is 0 Å². The van der Waals surface area contributed by atoms with Crippen molar-refractivity contribution in [3.63, 3.8) is 0 Å². The van der Waals surface area contributed by atoms with Gasteiger partial charge in [0, 0.05) is 17.2 Å². The van der Waals surface area contributed by atoms with Gasteiger partial charge in [-0.15, -0.1) is 0 Å². The lowest BCUT2D eigenvalue weighted by molar-refractivity contribution is 0.102. The predicted octanol–water partition coefficient (Wildman–Crippen LogP) is 5.55. The highest BCUT2D eigenvalue weighted by Gasteiger charge is 2.19. The Morgan fingerprint density at radius 3 is 2.36 bits per heavy atom. The highest BCUT2D eigenvalue weighted by atomic mass is 35.5. The second-order valence-corrected chi connectivity index (χ2v) is 6.23. The van der Waals surface area contributed by atoms with E-state index in [0.717, 1.165) is 6.07 Å². The summed E-state index contributed by atoms with van der Waals surface area (Å²) in [5.41, 5.74) is 0.772. The molecule has 144 valence electrons. The van der Waals surface area contributed by atoms with Crippen molar-refractivity contribution in [2.75, 3.05) is 19.5 Å². The van der Waals surface area contributed by atoms with E-state index in [1.807, 2.05) is 0 Å². The average Bonchev–Trinajstić information content (AvgIpc) is 2.69. The molecular formula is C21H16ClF2NO3. The highest BCUT2D eigenvalue weighted by Crippen LogP contribution is 2.37. The van der Waals surface area contributed by atoms with E-state index < -0.39 is 17.5 Å².